The van der Waals surface area contributed by atoms with Gasteiger partial charge in [0.15, 0.2) is 0 Å². The van der Waals surface area contributed by atoms with E-state index in [-0.39, 0.29) is 10.7 Å². The van der Waals surface area contributed by atoms with E-state index in [2.05, 4.69) is 27.9 Å². The van der Waals surface area contributed by atoms with Crippen LogP contribution in [0.1, 0.15) is 5.56 Å². The van der Waals surface area contributed by atoms with E-state index in [4.69, 9.17) is 23.2 Å². The second kappa shape index (κ2) is 6.74. The predicted molar refractivity (Wildman–Crippen MR) is 104 cm³/mol. The molecule has 0 saturated heterocycles. The zero-order chi connectivity index (χ0) is 17.4. The van der Waals surface area contributed by atoms with Gasteiger partial charge in [-0.05, 0) is 77.5 Å². The molecule has 0 spiro atoms. The summed E-state index contributed by atoms with van der Waals surface area (Å²) in [4.78, 5) is 26.1. The third-order valence-corrected chi connectivity index (χ3v) is 4.83. The highest BCUT2D eigenvalue weighted by molar-refractivity contribution is 14.1. The number of imide groups is 1. The van der Waals surface area contributed by atoms with Gasteiger partial charge >= 0.3 is 0 Å². The Hall–Kier alpha value is -1.57. The molecule has 1 N–H and O–H groups in total. The SMILES string of the molecule is Cc1cc(I)ccc1NC1=C(Cl)C(=O)N(c2ccc(Cl)cc2)C1=O. The van der Waals surface area contributed by atoms with Crippen LogP contribution < -0.4 is 10.2 Å². The zero-order valence-corrected chi connectivity index (χ0v) is 16.1. The van der Waals surface area contributed by atoms with Gasteiger partial charge in [-0.3, -0.25) is 9.59 Å². The summed E-state index contributed by atoms with van der Waals surface area (Å²) in [5.74, 6) is -1.06. The number of anilines is 2. The summed E-state index contributed by atoms with van der Waals surface area (Å²) in [6.45, 7) is 1.91. The molecule has 2 aromatic carbocycles. The standard InChI is InChI=1S/C17H11Cl2IN2O2/c1-9-8-11(20)4-7-13(9)21-15-14(19)16(23)22(17(15)24)12-5-2-10(18)3-6-12/h2-8,21H,1H3. The van der Waals surface area contributed by atoms with E-state index in [9.17, 15) is 9.59 Å². The van der Waals surface area contributed by atoms with Gasteiger partial charge in [-0.1, -0.05) is 23.2 Å². The second-order valence-electron chi connectivity index (χ2n) is 5.20. The molecule has 1 aliphatic heterocycles. The highest BCUT2D eigenvalue weighted by Gasteiger charge is 2.39. The van der Waals surface area contributed by atoms with Crippen molar-refractivity contribution in [2.24, 2.45) is 0 Å². The molecule has 0 unspecified atom stereocenters. The molecule has 7 heteroatoms. The van der Waals surface area contributed by atoms with Crippen LogP contribution in [0.5, 0.6) is 0 Å². The first-order chi connectivity index (χ1) is 11.4. The van der Waals surface area contributed by atoms with Crippen molar-refractivity contribution in [3.63, 3.8) is 0 Å². The molecule has 0 radical (unpaired) electrons. The van der Waals surface area contributed by atoms with E-state index in [1.807, 2.05) is 25.1 Å². The van der Waals surface area contributed by atoms with Gasteiger partial charge < -0.3 is 5.32 Å². The minimum absolute atomic E-state index is 0.0703. The summed E-state index contributed by atoms with van der Waals surface area (Å²) in [5.41, 5.74) is 2.16. The van der Waals surface area contributed by atoms with Crippen LogP contribution in [0.2, 0.25) is 5.02 Å². The average molecular weight is 473 g/mol. The Morgan fingerprint density at radius 2 is 1.67 bits per heavy atom. The van der Waals surface area contributed by atoms with E-state index < -0.39 is 11.8 Å². The zero-order valence-electron chi connectivity index (χ0n) is 12.4. The van der Waals surface area contributed by atoms with E-state index in [0.717, 1.165) is 19.7 Å². The molecule has 2 amide bonds. The van der Waals surface area contributed by atoms with E-state index in [0.29, 0.717) is 10.7 Å². The maximum absolute atomic E-state index is 12.7. The summed E-state index contributed by atoms with van der Waals surface area (Å²) in [6.07, 6.45) is 0. The van der Waals surface area contributed by atoms with Crippen molar-refractivity contribution < 1.29 is 9.59 Å². The molecule has 122 valence electrons. The molecule has 0 saturated carbocycles. The van der Waals surface area contributed by atoms with Crippen molar-refractivity contribution in [1.82, 2.24) is 0 Å². The fourth-order valence-electron chi connectivity index (χ4n) is 2.34. The molecule has 0 fully saturated rings. The number of hydrogen-bond acceptors (Lipinski definition) is 3. The Kier molecular flexibility index (Phi) is 4.85. The Morgan fingerprint density at radius 3 is 2.29 bits per heavy atom. The Labute approximate surface area is 162 Å². The van der Waals surface area contributed by atoms with Gasteiger partial charge in [-0.25, -0.2) is 4.90 Å². The maximum Gasteiger partial charge on any atom is 0.283 e. The fourth-order valence-corrected chi connectivity index (χ4v) is 3.32. The number of hydrogen-bond donors (Lipinski definition) is 1. The van der Waals surface area contributed by atoms with Gasteiger partial charge in [0, 0.05) is 14.3 Å². The van der Waals surface area contributed by atoms with E-state index in [1.165, 1.54) is 0 Å². The van der Waals surface area contributed by atoms with E-state index >= 15 is 0 Å². The van der Waals surface area contributed by atoms with Gasteiger partial charge in [-0.15, -0.1) is 0 Å². The van der Waals surface area contributed by atoms with Crippen molar-refractivity contribution in [2.75, 3.05) is 10.2 Å². The third-order valence-electron chi connectivity index (χ3n) is 3.56. The second-order valence-corrected chi connectivity index (χ2v) is 7.26. The smallest absolute Gasteiger partial charge is 0.283 e. The number of rotatable bonds is 3. The summed E-state index contributed by atoms with van der Waals surface area (Å²) in [7, 11) is 0. The van der Waals surface area contributed by atoms with Crippen molar-refractivity contribution in [3.05, 3.63) is 67.4 Å². The predicted octanol–water partition coefficient (Wildman–Crippen LogP) is 4.69. The van der Waals surface area contributed by atoms with Gasteiger partial charge in [0.05, 0.1) is 5.69 Å². The minimum Gasteiger partial charge on any atom is -0.349 e. The summed E-state index contributed by atoms with van der Waals surface area (Å²) >= 11 is 14.2. The summed E-state index contributed by atoms with van der Waals surface area (Å²) < 4.78 is 1.08. The van der Waals surface area contributed by atoms with Crippen LogP contribution in [0.3, 0.4) is 0 Å². The molecule has 0 atom stereocenters. The summed E-state index contributed by atoms with van der Waals surface area (Å²) in [5, 5.41) is 3.37. The molecular formula is C17H11Cl2IN2O2. The van der Waals surface area contributed by atoms with Crippen LogP contribution in [0.15, 0.2) is 53.2 Å². The Bertz CT molecular complexity index is 879. The summed E-state index contributed by atoms with van der Waals surface area (Å²) in [6, 6.07) is 12.1. The number of nitrogens with one attached hydrogen (secondary N) is 1. The van der Waals surface area contributed by atoms with Crippen LogP contribution in [0.4, 0.5) is 11.4 Å². The first kappa shape index (κ1) is 17.3. The van der Waals surface area contributed by atoms with Crippen LogP contribution >= 0.6 is 45.8 Å². The number of aryl methyl sites for hydroxylation is 1. The fraction of sp³-hybridized carbons (Fsp3) is 0.0588. The van der Waals surface area contributed by atoms with Crippen molar-refractivity contribution >= 4 is 69.0 Å². The molecular weight excluding hydrogens is 462 g/mol. The largest absolute Gasteiger partial charge is 0.349 e. The molecule has 0 aromatic heterocycles. The molecule has 24 heavy (non-hydrogen) atoms. The molecule has 2 aromatic rings. The lowest BCUT2D eigenvalue weighted by atomic mass is 10.2. The van der Waals surface area contributed by atoms with Crippen molar-refractivity contribution in [3.8, 4) is 0 Å². The number of halogens is 3. The Morgan fingerprint density at radius 1 is 1.00 bits per heavy atom. The third kappa shape index (κ3) is 3.16. The number of benzene rings is 2. The molecule has 0 bridgehead atoms. The first-order valence-corrected chi connectivity index (χ1v) is 8.79. The highest BCUT2D eigenvalue weighted by atomic mass is 127. The molecule has 1 aliphatic rings. The van der Waals surface area contributed by atoms with Crippen LogP contribution in [-0.4, -0.2) is 11.8 Å². The van der Waals surface area contributed by atoms with Gasteiger partial charge in [0.2, 0.25) is 0 Å². The quantitative estimate of drug-likeness (QED) is 0.520. The normalized spacial score (nSPS) is 14.6. The Balaban J connectivity index is 1.93. The number of nitrogens with zero attached hydrogens (tertiary/aromatic N) is 1. The number of carbonyl (C=O) groups is 2. The van der Waals surface area contributed by atoms with Crippen molar-refractivity contribution in [1.29, 1.82) is 0 Å². The topological polar surface area (TPSA) is 49.4 Å². The molecule has 0 aliphatic carbocycles. The number of amides is 2. The lowest BCUT2D eigenvalue weighted by molar-refractivity contribution is -0.120. The van der Waals surface area contributed by atoms with Crippen LogP contribution in [0.25, 0.3) is 0 Å². The monoisotopic (exact) mass is 472 g/mol. The van der Waals surface area contributed by atoms with Crippen molar-refractivity contribution in [2.45, 2.75) is 6.92 Å². The molecule has 1 heterocycles. The first-order valence-electron chi connectivity index (χ1n) is 6.96. The minimum atomic E-state index is -0.561. The average Bonchev–Trinajstić information content (AvgIpc) is 2.74. The van der Waals surface area contributed by atoms with Gasteiger partial charge in [0.1, 0.15) is 10.7 Å². The molecule has 4 nitrogen and oxygen atoms in total. The molecule has 3 rings (SSSR count). The van der Waals surface area contributed by atoms with Gasteiger partial charge in [0.25, 0.3) is 11.8 Å². The number of carbonyl (C=O) groups excluding carboxylic acids is 2. The van der Waals surface area contributed by atoms with Crippen LogP contribution in [-0.2, 0) is 9.59 Å². The maximum atomic E-state index is 12.7. The lowest BCUT2D eigenvalue weighted by Crippen LogP contribution is -2.32. The van der Waals surface area contributed by atoms with Gasteiger partial charge in [-0.2, -0.15) is 0 Å². The highest BCUT2D eigenvalue weighted by Crippen LogP contribution is 2.31. The lowest BCUT2D eigenvalue weighted by Gasteiger charge is -2.15. The van der Waals surface area contributed by atoms with Crippen LogP contribution in [0, 0.1) is 10.5 Å². The van der Waals surface area contributed by atoms with E-state index in [1.54, 1.807) is 24.3 Å².